The van der Waals surface area contributed by atoms with E-state index < -0.39 is 10.0 Å². The van der Waals surface area contributed by atoms with Crippen LogP contribution in [0.4, 0.5) is 0 Å². The first kappa shape index (κ1) is 16.1. The molecule has 6 nitrogen and oxygen atoms in total. The maximum Gasteiger partial charge on any atom is 0.240 e. The predicted octanol–water partition coefficient (Wildman–Crippen LogP) is 0.980. The minimum atomic E-state index is -3.56. The van der Waals surface area contributed by atoms with Crippen molar-refractivity contribution in [2.24, 2.45) is 5.92 Å². The zero-order valence-corrected chi connectivity index (χ0v) is 13.4. The van der Waals surface area contributed by atoms with Gasteiger partial charge >= 0.3 is 0 Å². The quantitative estimate of drug-likeness (QED) is 0.847. The molecule has 0 bridgehead atoms. The van der Waals surface area contributed by atoms with E-state index in [0.29, 0.717) is 11.5 Å². The summed E-state index contributed by atoms with van der Waals surface area (Å²) < 4.78 is 38.0. The highest BCUT2D eigenvalue weighted by Crippen LogP contribution is 2.29. The minimum Gasteiger partial charge on any atom is -0.493 e. The van der Waals surface area contributed by atoms with Gasteiger partial charge in [-0.25, -0.2) is 13.1 Å². The maximum absolute atomic E-state index is 12.5. The van der Waals surface area contributed by atoms with Crippen molar-refractivity contribution >= 4 is 10.0 Å². The molecular weight excluding hydrogens is 292 g/mol. The maximum atomic E-state index is 12.5. The number of nitrogens with one attached hydrogen (secondary N) is 2. The Morgan fingerprint density at radius 1 is 1.24 bits per heavy atom. The third kappa shape index (κ3) is 3.66. The molecule has 1 saturated heterocycles. The summed E-state index contributed by atoms with van der Waals surface area (Å²) >= 11 is 0. The molecule has 1 aromatic carbocycles. The number of hydrogen-bond acceptors (Lipinski definition) is 5. The molecule has 2 atom stereocenters. The van der Waals surface area contributed by atoms with Crippen LogP contribution in [0.5, 0.6) is 11.5 Å². The topological polar surface area (TPSA) is 76.7 Å². The van der Waals surface area contributed by atoms with Crippen molar-refractivity contribution in [1.82, 2.24) is 10.0 Å². The van der Waals surface area contributed by atoms with E-state index in [0.717, 1.165) is 19.5 Å². The molecule has 0 spiro atoms. The lowest BCUT2D eigenvalue weighted by Gasteiger charge is -2.30. The van der Waals surface area contributed by atoms with E-state index in [1.807, 2.05) is 6.92 Å². The van der Waals surface area contributed by atoms with E-state index >= 15 is 0 Å². The minimum absolute atomic E-state index is 0.0515. The lowest BCUT2D eigenvalue weighted by Crippen LogP contribution is -2.48. The van der Waals surface area contributed by atoms with E-state index in [1.54, 1.807) is 6.07 Å². The molecule has 2 N–H and O–H groups in total. The van der Waals surface area contributed by atoms with Gasteiger partial charge < -0.3 is 14.8 Å². The SMILES string of the molecule is COc1ccc(S(=O)(=O)NC2CCNCC2C)cc1OC. The van der Waals surface area contributed by atoms with Crippen molar-refractivity contribution in [3.8, 4) is 11.5 Å². The number of rotatable bonds is 5. The molecule has 0 amide bonds. The molecular formula is C14H22N2O4S. The fourth-order valence-corrected chi connectivity index (χ4v) is 3.83. The van der Waals surface area contributed by atoms with Crippen LogP contribution in [0.15, 0.2) is 23.1 Å². The summed E-state index contributed by atoms with van der Waals surface area (Å²) in [5.41, 5.74) is 0. The van der Waals surface area contributed by atoms with Gasteiger partial charge in [-0.3, -0.25) is 0 Å². The summed E-state index contributed by atoms with van der Waals surface area (Å²) in [7, 11) is -0.566. The fourth-order valence-electron chi connectivity index (χ4n) is 2.44. The van der Waals surface area contributed by atoms with Crippen LogP contribution in [0.2, 0.25) is 0 Å². The first-order chi connectivity index (χ1) is 9.97. The van der Waals surface area contributed by atoms with Crippen molar-refractivity contribution in [3.05, 3.63) is 18.2 Å². The molecule has 1 fully saturated rings. The number of methoxy groups -OCH3 is 2. The highest BCUT2D eigenvalue weighted by atomic mass is 32.2. The summed E-state index contributed by atoms with van der Waals surface area (Å²) in [5, 5.41) is 3.25. The van der Waals surface area contributed by atoms with Crippen molar-refractivity contribution in [1.29, 1.82) is 0 Å². The molecule has 0 aliphatic carbocycles. The van der Waals surface area contributed by atoms with Crippen molar-refractivity contribution in [3.63, 3.8) is 0 Å². The number of hydrogen-bond donors (Lipinski definition) is 2. The van der Waals surface area contributed by atoms with Crippen molar-refractivity contribution in [2.45, 2.75) is 24.3 Å². The van der Waals surface area contributed by atoms with Crippen LogP contribution < -0.4 is 19.5 Å². The molecule has 7 heteroatoms. The van der Waals surface area contributed by atoms with Crippen LogP contribution in [0.3, 0.4) is 0 Å². The molecule has 21 heavy (non-hydrogen) atoms. The largest absolute Gasteiger partial charge is 0.493 e. The second kappa shape index (κ2) is 6.64. The van der Waals surface area contributed by atoms with Gasteiger partial charge in [-0.15, -0.1) is 0 Å². The first-order valence-electron chi connectivity index (χ1n) is 6.93. The molecule has 1 aliphatic rings. The average Bonchev–Trinajstić information content (AvgIpc) is 2.48. The van der Waals surface area contributed by atoms with Gasteiger partial charge in [0, 0.05) is 12.1 Å². The molecule has 0 saturated carbocycles. The van der Waals surface area contributed by atoms with Gasteiger partial charge in [0.25, 0.3) is 0 Å². The first-order valence-corrected chi connectivity index (χ1v) is 8.41. The van der Waals surface area contributed by atoms with Crippen LogP contribution in [0.25, 0.3) is 0 Å². The normalized spacial score (nSPS) is 22.8. The van der Waals surface area contributed by atoms with Crippen LogP contribution in [0.1, 0.15) is 13.3 Å². The Hall–Kier alpha value is -1.31. The van der Waals surface area contributed by atoms with E-state index in [-0.39, 0.29) is 16.9 Å². The van der Waals surface area contributed by atoms with Gasteiger partial charge in [0.2, 0.25) is 10.0 Å². The molecule has 1 aliphatic heterocycles. The molecule has 0 radical (unpaired) electrons. The highest BCUT2D eigenvalue weighted by Gasteiger charge is 2.27. The number of sulfonamides is 1. The van der Waals surface area contributed by atoms with Gasteiger partial charge in [-0.2, -0.15) is 0 Å². The van der Waals surface area contributed by atoms with E-state index in [2.05, 4.69) is 10.0 Å². The number of benzene rings is 1. The zero-order valence-electron chi connectivity index (χ0n) is 12.5. The number of ether oxygens (including phenoxy) is 2. The van der Waals surface area contributed by atoms with Gasteiger partial charge in [0.1, 0.15) is 0 Å². The average molecular weight is 314 g/mol. The number of piperidine rings is 1. The molecule has 1 aromatic rings. The van der Waals surface area contributed by atoms with Gasteiger partial charge in [-0.05, 0) is 37.6 Å². The molecule has 1 heterocycles. The summed E-state index contributed by atoms with van der Waals surface area (Å²) in [6, 6.07) is 4.55. The molecule has 118 valence electrons. The third-order valence-electron chi connectivity index (χ3n) is 3.76. The Bertz CT molecular complexity index is 589. The monoisotopic (exact) mass is 314 g/mol. The van der Waals surface area contributed by atoms with Crippen LogP contribution in [-0.4, -0.2) is 41.8 Å². The van der Waals surface area contributed by atoms with E-state index in [1.165, 1.54) is 26.4 Å². The van der Waals surface area contributed by atoms with Crippen LogP contribution in [-0.2, 0) is 10.0 Å². The molecule has 2 unspecified atom stereocenters. The van der Waals surface area contributed by atoms with Gasteiger partial charge in [0.05, 0.1) is 19.1 Å². The van der Waals surface area contributed by atoms with Crippen LogP contribution >= 0.6 is 0 Å². The van der Waals surface area contributed by atoms with E-state index in [4.69, 9.17) is 9.47 Å². The standard InChI is InChI=1S/C14H22N2O4S/c1-10-9-15-7-6-12(10)16-21(17,18)11-4-5-13(19-2)14(8-11)20-3/h4-5,8,10,12,15-16H,6-7,9H2,1-3H3. The Morgan fingerprint density at radius 3 is 2.57 bits per heavy atom. The lowest BCUT2D eigenvalue weighted by atomic mass is 9.97. The van der Waals surface area contributed by atoms with Gasteiger partial charge in [0.15, 0.2) is 11.5 Å². The Morgan fingerprint density at radius 2 is 1.95 bits per heavy atom. The Kier molecular flexibility index (Phi) is 5.08. The summed E-state index contributed by atoms with van der Waals surface area (Å²) in [6.45, 7) is 3.68. The highest BCUT2D eigenvalue weighted by molar-refractivity contribution is 7.89. The Balaban J connectivity index is 2.22. The summed E-state index contributed by atoms with van der Waals surface area (Å²) in [6.07, 6.45) is 0.785. The Labute approximate surface area is 125 Å². The summed E-state index contributed by atoms with van der Waals surface area (Å²) in [5.74, 6) is 1.17. The van der Waals surface area contributed by atoms with Crippen molar-refractivity contribution < 1.29 is 17.9 Å². The lowest BCUT2D eigenvalue weighted by molar-refractivity contribution is 0.328. The van der Waals surface area contributed by atoms with Crippen LogP contribution in [0, 0.1) is 5.92 Å². The van der Waals surface area contributed by atoms with Gasteiger partial charge in [-0.1, -0.05) is 6.92 Å². The molecule has 2 rings (SSSR count). The fraction of sp³-hybridized carbons (Fsp3) is 0.571. The summed E-state index contributed by atoms with van der Waals surface area (Å²) in [4.78, 5) is 0.186. The second-order valence-corrected chi connectivity index (χ2v) is 6.93. The van der Waals surface area contributed by atoms with E-state index in [9.17, 15) is 8.42 Å². The smallest absolute Gasteiger partial charge is 0.240 e. The second-order valence-electron chi connectivity index (χ2n) is 5.21. The third-order valence-corrected chi connectivity index (χ3v) is 5.24. The molecule has 0 aromatic heterocycles. The van der Waals surface area contributed by atoms with Crippen molar-refractivity contribution in [2.75, 3.05) is 27.3 Å². The zero-order chi connectivity index (χ0) is 15.5. The predicted molar refractivity (Wildman–Crippen MR) is 80.3 cm³/mol.